The third-order valence-electron chi connectivity index (χ3n) is 3.38. The number of hydrogen-bond donors (Lipinski definition) is 0. The van der Waals surface area contributed by atoms with Crippen molar-refractivity contribution >= 4 is 34.9 Å². The van der Waals surface area contributed by atoms with Crippen LogP contribution in [0.5, 0.6) is 11.6 Å². The third-order valence-corrected chi connectivity index (χ3v) is 3.98. The Labute approximate surface area is 156 Å². The Balaban J connectivity index is 2.42. The second-order valence-electron chi connectivity index (χ2n) is 5.12. The molecule has 2 aromatic heterocycles. The SMILES string of the molecule is CCCCOc1cc(/C(C#N)=C/c2c(Cl)cncc2Cl)cnc1OC. The standard InChI is InChI=1S/C18H17Cl2N3O2/c1-3-4-5-25-17-7-13(9-23-18(17)24-2)12(8-21)6-14-15(19)10-22-11-16(14)20/h6-7,9-11H,3-5H2,1-2H3/b12-6+. The minimum atomic E-state index is 0.352. The highest BCUT2D eigenvalue weighted by molar-refractivity contribution is 6.37. The van der Waals surface area contributed by atoms with Crippen LogP contribution >= 0.6 is 23.2 Å². The van der Waals surface area contributed by atoms with Crippen LogP contribution in [0.2, 0.25) is 10.0 Å². The van der Waals surface area contributed by atoms with Crippen LogP contribution in [-0.4, -0.2) is 23.7 Å². The van der Waals surface area contributed by atoms with E-state index in [1.807, 2.05) is 0 Å². The molecule has 2 heterocycles. The van der Waals surface area contributed by atoms with E-state index in [1.54, 1.807) is 18.3 Å². The summed E-state index contributed by atoms with van der Waals surface area (Å²) in [5.74, 6) is 0.860. The molecular formula is C18H17Cl2N3O2. The molecule has 2 rings (SSSR count). The van der Waals surface area contributed by atoms with Crippen molar-refractivity contribution in [1.82, 2.24) is 9.97 Å². The maximum absolute atomic E-state index is 9.53. The van der Waals surface area contributed by atoms with Gasteiger partial charge in [0.15, 0.2) is 5.75 Å². The van der Waals surface area contributed by atoms with Crippen molar-refractivity contribution in [3.63, 3.8) is 0 Å². The molecule has 0 saturated carbocycles. The highest BCUT2D eigenvalue weighted by Crippen LogP contribution is 2.31. The first-order chi connectivity index (χ1) is 12.1. The van der Waals surface area contributed by atoms with E-state index in [4.69, 9.17) is 32.7 Å². The van der Waals surface area contributed by atoms with E-state index >= 15 is 0 Å². The Morgan fingerprint density at radius 3 is 2.60 bits per heavy atom. The van der Waals surface area contributed by atoms with Gasteiger partial charge in [-0.25, -0.2) is 4.98 Å². The van der Waals surface area contributed by atoms with Crippen LogP contribution < -0.4 is 9.47 Å². The zero-order chi connectivity index (χ0) is 18.2. The van der Waals surface area contributed by atoms with E-state index in [0.717, 1.165) is 12.8 Å². The Hall–Kier alpha value is -2.29. The summed E-state index contributed by atoms with van der Waals surface area (Å²) in [7, 11) is 1.52. The fourth-order valence-electron chi connectivity index (χ4n) is 2.05. The zero-order valence-corrected chi connectivity index (χ0v) is 15.4. The summed E-state index contributed by atoms with van der Waals surface area (Å²) in [6.07, 6.45) is 8.02. The lowest BCUT2D eigenvalue weighted by Gasteiger charge is -2.11. The van der Waals surface area contributed by atoms with Gasteiger partial charge in [0.2, 0.25) is 0 Å². The molecule has 0 aliphatic heterocycles. The normalized spacial score (nSPS) is 11.1. The van der Waals surface area contributed by atoms with Crippen LogP contribution in [0.1, 0.15) is 30.9 Å². The van der Waals surface area contributed by atoms with Gasteiger partial charge in [-0.15, -0.1) is 0 Å². The summed E-state index contributed by atoms with van der Waals surface area (Å²) in [5, 5.41) is 10.3. The molecular weight excluding hydrogens is 361 g/mol. The predicted octanol–water partition coefficient (Wildman–Crippen LogP) is 5.04. The van der Waals surface area contributed by atoms with Gasteiger partial charge in [0, 0.05) is 29.7 Å². The molecule has 0 bridgehead atoms. The van der Waals surface area contributed by atoms with Gasteiger partial charge < -0.3 is 9.47 Å². The predicted molar refractivity (Wildman–Crippen MR) is 98.9 cm³/mol. The molecule has 7 heteroatoms. The number of methoxy groups -OCH3 is 1. The molecule has 130 valence electrons. The number of halogens is 2. The van der Waals surface area contributed by atoms with E-state index in [-0.39, 0.29) is 0 Å². The number of hydrogen-bond acceptors (Lipinski definition) is 5. The first-order valence-electron chi connectivity index (χ1n) is 7.68. The van der Waals surface area contributed by atoms with Gasteiger partial charge in [-0.1, -0.05) is 36.5 Å². The molecule has 0 N–H and O–H groups in total. The van der Waals surface area contributed by atoms with Crippen LogP contribution in [0.3, 0.4) is 0 Å². The summed E-state index contributed by atoms with van der Waals surface area (Å²) in [6.45, 7) is 2.62. The van der Waals surface area contributed by atoms with Gasteiger partial charge in [-0.3, -0.25) is 4.98 Å². The molecule has 0 aliphatic carbocycles. The van der Waals surface area contributed by atoms with Gasteiger partial charge in [0.05, 0.1) is 35.4 Å². The zero-order valence-electron chi connectivity index (χ0n) is 13.9. The van der Waals surface area contributed by atoms with Crippen molar-refractivity contribution in [3.8, 4) is 17.7 Å². The highest BCUT2D eigenvalue weighted by atomic mass is 35.5. The Morgan fingerprint density at radius 1 is 1.28 bits per heavy atom. The van der Waals surface area contributed by atoms with Crippen molar-refractivity contribution < 1.29 is 9.47 Å². The second-order valence-corrected chi connectivity index (χ2v) is 5.93. The van der Waals surface area contributed by atoms with Gasteiger partial charge in [0.1, 0.15) is 0 Å². The highest BCUT2D eigenvalue weighted by Gasteiger charge is 2.12. The summed E-state index contributed by atoms with van der Waals surface area (Å²) < 4.78 is 10.9. The summed E-state index contributed by atoms with van der Waals surface area (Å²) >= 11 is 12.2. The average Bonchev–Trinajstić information content (AvgIpc) is 2.62. The van der Waals surface area contributed by atoms with Gasteiger partial charge >= 0.3 is 0 Å². The first kappa shape index (κ1) is 19.0. The fraction of sp³-hybridized carbons (Fsp3) is 0.278. The Bertz CT molecular complexity index is 796. The quantitative estimate of drug-likeness (QED) is 0.499. The van der Waals surface area contributed by atoms with E-state index < -0.39 is 0 Å². The Kier molecular flexibility index (Phi) is 7.05. The van der Waals surface area contributed by atoms with E-state index in [1.165, 1.54) is 19.5 Å². The maximum atomic E-state index is 9.53. The molecule has 0 aromatic carbocycles. The molecule has 0 saturated heterocycles. The minimum absolute atomic E-state index is 0.352. The summed E-state index contributed by atoms with van der Waals surface area (Å²) in [4.78, 5) is 8.12. The second kappa shape index (κ2) is 9.26. The van der Waals surface area contributed by atoms with Crippen LogP contribution in [0, 0.1) is 11.3 Å². The lowest BCUT2D eigenvalue weighted by atomic mass is 10.1. The monoisotopic (exact) mass is 377 g/mol. The van der Waals surface area contributed by atoms with Gasteiger partial charge in [0.25, 0.3) is 5.88 Å². The van der Waals surface area contributed by atoms with Crippen molar-refractivity contribution in [2.45, 2.75) is 19.8 Å². The Morgan fingerprint density at radius 2 is 2.00 bits per heavy atom. The van der Waals surface area contributed by atoms with Gasteiger partial charge in [-0.2, -0.15) is 5.26 Å². The lowest BCUT2D eigenvalue weighted by Crippen LogP contribution is -2.01. The molecule has 0 unspecified atom stereocenters. The molecule has 0 atom stereocenters. The van der Waals surface area contributed by atoms with E-state index in [9.17, 15) is 5.26 Å². The molecule has 0 spiro atoms. The molecule has 0 fully saturated rings. The van der Waals surface area contributed by atoms with Crippen molar-refractivity contribution in [3.05, 3.63) is 45.8 Å². The number of rotatable bonds is 7. The number of aromatic nitrogens is 2. The molecule has 0 aliphatic rings. The van der Waals surface area contributed by atoms with Crippen molar-refractivity contribution in [2.24, 2.45) is 0 Å². The number of unbranched alkanes of at least 4 members (excludes halogenated alkanes) is 1. The molecule has 2 aromatic rings. The van der Waals surface area contributed by atoms with E-state index in [2.05, 4.69) is 23.0 Å². The smallest absolute Gasteiger partial charge is 0.256 e. The number of pyridine rings is 2. The van der Waals surface area contributed by atoms with Crippen LogP contribution in [0.15, 0.2) is 24.7 Å². The van der Waals surface area contributed by atoms with Crippen molar-refractivity contribution in [2.75, 3.05) is 13.7 Å². The number of allylic oxidation sites excluding steroid dienone is 1. The maximum Gasteiger partial charge on any atom is 0.256 e. The van der Waals surface area contributed by atoms with Crippen LogP contribution in [0.25, 0.3) is 11.6 Å². The van der Waals surface area contributed by atoms with Crippen LogP contribution in [0.4, 0.5) is 0 Å². The fourth-order valence-corrected chi connectivity index (χ4v) is 2.52. The lowest BCUT2D eigenvalue weighted by molar-refractivity contribution is 0.283. The summed E-state index contributed by atoms with van der Waals surface area (Å²) in [5.41, 5.74) is 1.46. The van der Waals surface area contributed by atoms with E-state index in [0.29, 0.717) is 45.0 Å². The molecule has 0 radical (unpaired) electrons. The minimum Gasteiger partial charge on any atom is -0.488 e. The molecule has 5 nitrogen and oxygen atoms in total. The van der Waals surface area contributed by atoms with Gasteiger partial charge in [-0.05, 0) is 18.6 Å². The first-order valence-corrected chi connectivity index (χ1v) is 8.44. The number of ether oxygens (including phenoxy) is 2. The van der Waals surface area contributed by atoms with Crippen LogP contribution in [-0.2, 0) is 0 Å². The topological polar surface area (TPSA) is 68.0 Å². The third kappa shape index (κ3) is 4.85. The largest absolute Gasteiger partial charge is 0.488 e. The molecule has 25 heavy (non-hydrogen) atoms. The number of nitrogens with zero attached hydrogens (tertiary/aromatic N) is 3. The summed E-state index contributed by atoms with van der Waals surface area (Å²) in [6, 6.07) is 3.86. The number of nitriles is 1. The van der Waals surface area contributed by atoms with Crippen molar-refractivity contribution in [1.29, 1.82) is 5.26 Å². The average molecular weight is 378 g/mol. The molecule has 0 amide bonds.